The number of benzene rings is 1. The molecular formula is C28H43N3O4. The van der Waals surface area contributed by atoms with Crippen molar-refractivity contribution in [3.63, 3.8) is 0 Å². The summed E-state index contributed by atoms with van der Waals surface area (Å²) in [7, 11) is 2.20. The molecule has 0 spiro atoms. The Bertz CT molecular complexity index is 842. The average Bonchev–Trinajstić information content (AvgIpc) is 3.64. The molecule has 7 heteroatoms. The van der Waals surface area contributed by atoms with E-state index in [1.807, 2.05) is 36.1 Å². The largest absolute Gasteiger partial charge is 0.494 e. The lowest BCUT2D eigenvalue weighted by molar-refractivity contribution is -0.134. The van der Waals surface area contributed by atoms with Crippen molar-refractivity contribution in [2.24, 2.45) is 17.6 Å². The maximum absolute atomic E-state index is 12.2. The molecule has 2 N–H and O–H groups in total. The molecule has 2 saturated heterocycles. The van der Waals surface area contributed by atoms with E-state index in [9.17, 15) is 9.59 Å². The number of hydrogen-bond donors (Lipinski definition) is 1. The fraction of sp³-hybridized carbons (Fsp3) is 0.714. The van der Waals surface area contributed by atoms with E-state index in [1.165, 1.54) is 25.9 Å². The van der Waals surface area contributed by atoms with Crippen LogP contribution in [0.5, 0.6) is 5.75 Å². The van der Waals surface area contributed by atoms with Crippen LogP contribution in [-0.2, 0) is 20.7 Å². The summed E-state index contributed by atoms with van der Waals surface area (Å²) >= 11 is 0. The van der Waals surface area contributed by atoms with Crippen molar-refractivity contribution in [3.8, 4) is 5.75 Å². The molecule has 0 aromatic heterocycles. The molecule has 2 heterocycles. The van der Waals surface area contributed by atoms with Crippen molar-refractivity contribution in [1.82, 2.24) is 9.80 Å². The van der Waals surface area contributed by atoms with Crippen LogP contribution >= 0.6 is 0 Å². The Morgan fingerprint density at radius 1 is 1.11 bits per heavy atom. The first-order chi connectivity index (χ1) is 16.8. The number of hydrogen-bond acceptors (Lipinski definition) is 6. The van der Waals surface area contributed by atoms with Crippen LogP contribution in [0.1, 0.15) is 63.9 Å². The molecule has 1 amide bonds. The first-order valence-electron chi connectivity index (χ1n) is 13.4. The fourth-order valence-corrected chi connectivity index (χ4v) is 5.47. The number of amides is 1. The summed E-state index contributed by atoms with van der Waals surface area (Å²) in [6.07, 6.45) is 9.51. The predicted octanol–water partition coefficient (Wildman–Crippen LogP) is 3.39. The van der Waals surface area contributed by atoms with Gasteiger partial charge in [-0.15, -0.1) is 0 Å². The van der Waals surface area contributed by atoms with Gasteiger partial charge in [0.2, 0.25) is 5.91 Å². The molecule has 1 aromatic rings. The first kappa shape index (κ1) is 26.0. The number of likely N-dealkylation sites (tertiary alicyclic amines) is 2. The quantitative estimate of drug-likeness (QED) is 0.540. The van der Waals surface area contributed by atoms with Crippen LogP contribution in [0.25, 0.3) is 0 Å². The third-order valence-electron chi connectivity index (χ3n) is 8.44. The Balaban J connectivity index is 0.000000356. The van der Waals surface area contributed by atoms with Crippen LogP contribution in [0, 0.1) is 11.8 Å². The van der Waals surface area contributed by atoms with Gasteiger partial charge in [0, 0.05) is 18.6 Å². The molecule has 5 rings (SSSR count). The maximum atomic E-state index is 12.2. The van der Waals surface area contributed by atoms with Crippen molar-refractivity contribution < 1.29 is 19.1 Å². The molecular weight excluding hydrogens is 442 g/mol. The van der Waals surface area contributed by atoms with Gasteiger partial charge in [0.05, 0.1) is 13.0 Å². The summed E-state index contributed by atoms with van der Waals surface area (Å²) < 4.78 is 10.6. The summed E-state index contributed by atoms with van der Waals surface area (Å²) in [5.41, 5.74) is 7.76. The molecule has 4 aliphatic rings. The summed E-state index contributed by atoms with van der Waals surface area (Å²) in [6.45, 7) is 7.37. The summed E-state index contributed by atoms with van der Waals surface area (Å²) in [5, 5.41) is 0. The Morgan fingerprint density at radius 2 is 1.77 bits per heavy atom. The Hall–Kier alpha value is -2.12. The SMILES string of the molecule is CC1(OC=O)CC1.CN1CCC(C2(N)CC2CCOc2ccc(CC(=O)N3CCCC3)cc2)CC1. The number of piperidine rings is 1. The lowest BCUT2D eigenvalue weighted by Crippen LogP contribution is -2.42. The van der Waals surface area contributed by atoms with E-state index >= 15 is 0 Å². The molecule has 2 unspecified atom stereocenters. The zero-order valence-corrected chi connectivity index (χ0v) is 21.5. The first-order valence-corrected chi connectivity index (χ1v) is 13.4. The molecule has 2 aliphatic carbocycles. The van der Waals surface area contributed by atoms with Crippen molar-refractivity contribution in [1.29, 1.82) is 0 Å². The molecule has 1 aromatic carbocycles. The molecule has 2 aliphatic heterocycles. The molecule has 0 radical (unpaired) electrons. The highest BCUT2D eigenvalue weighted by Gasteiger charge is 2.55. The highest BCUT2D eigenvalue weighted by molar-refractivity contribution is 5.79. The van der Waals surface area contributed by atoms with E-state index in [0.717, 1.165) is 69.5 Å². The number of carbonyl (C=O) groups is 2. The van der Waals surface area contributed by atoms with Crippen molar-refractivity contribution >= 4 is 12.4 Å². The lowest BCUT2D eigenvalue weighted by Gasteiger charge is -2.33. The van der Waals surface area contributed by atoms with Crippen LogP contribution in [0.3, 0.4) is 0 Å². The minimum atomic E-state index is -0.0677. The molecule has 194 valence electrons. The second-order valence-corrected chi connectivity index (χ2v) is 11.3. The van der Waals surface area contributed by atoms with E-state index in [1.54, 1.807) is 0 Å². The zero-order chi connectivity index (χ0) is 24.9. The Morgan fingerprint density at radius 3 is 2.34 bits per heavy atom. The molecule has 7 nitrogen and oxygen atoms in total. The number of ether oxygens (including phenoxy) is 2. The lowest BCUT2D eigenvalue weighted by atomic mass is 9.86. The molecule has 35 heavy (non-hydrogen) atoms. The molecule has 2 saturated carbocycles. The van der Waals surface area contributed by atoms with Gasteiger partial charge in [-0.05, 0) is 108 Å². The summed E-state index contributed by atoms with van der Waals surface area (Å²) in [5.74, 6) is 2.42. The molecule has 4 fully saturated rings. The Kier molecular flexibility index (Phi) is 8.38. The van der Waals surface area contributed by atoms with Crippen LogP contribution < -0.4 is 10.5 Å². The van der Waals surface area contributed by atoms with Crippen molar-refractivity contribution in [2.75, 3.05) is 39.8 Å². The summed E-state index contributed by atoms with van der Waals surface area (Å²) in [6, 6.07) is 8.02. The molecule has 2 atom stereocenters. The maximum Gasteiger partial charge on any atom is 0.293 e. The van der Waals surface area contributed by atoms with Gasteiger partial charge in [-0.2, -0.15) is 0 Å². The second kappa shape index (κ2) is 11.3. The van der Waals surface area contributed by atoms with Crippen LogP contribution in [0.15, 0.2) is 24.3 Å². The zero-order valence-electron chi connectivity index (χ0n) is 21.5. The van der Waals surface area contributed by atoms with Gasteiger partial charge in [0.25, 0.3) is 6.47 Å². The van der Waals surface area contributed by atoms with Gasteiger partial charge in [-0.3, -0.25) is 9.59 Å². The molecule has 0 bridgehead atoms. The minimum Gasteiger partial charge on any atom is -0.494 e. The van der Waals surface area contributed by atoms with Crippen LogP contribution in [0.2, 0.25) is 0 Å². The number of nitrogens with zero attached hydrogens (tertiary/aromatic N) is 2. The number of carbonyl (C=O) groups excluding carboxylic acids is 2. The topological polar surface area (TPSA) is 85.1 Å². The third kappa shape index (κ3) is 7.20. The minimum absolute atomic E-state index is 0.0599. The second-order valence-electron chi connectivity index (χ2n) is 11.3. The van der Waals surface area contributed by atoms with E-state index in [2.05, 4.69) is 16.7 Å². The Labute approximate surface area is 210 Å². The average molecular weight is 486 g/mol. The highest BCUT2D eigenvalue weighted by Crippen LogP contribution is 2.51. The smallest absolute Gasteiger partial charge is 0.293 e. The van der Waals surface area contributed by atoms with Crippen LogP contribution in [0.4, 0.5) is 0 Å². The number of rotatable bonds is 9. The van der Waals surface area contributed by atoms with Crippen LogP contribution in [-0.4, -0.2) is 73.2 Å². The van der Waals surface area contributed by atoms with Gasteiger partial charge < -0.3 is 25.0 Å². The number of nitrogens with two attached hydrogens (primary N) is 1. The van der Waals surface area contributed by atoms with E-state index in [-0.39, 0.29) is 17.0 Å². The van der Waals surface area contributed by atoms with E-state index in [4.69, 9.17) is 10.5 Å². The van der Waals surface area contributed by atoms with Crippen molar-refractivity contribution in [3.05, 3.63) is 29.8 Å². The third-order valence-corrected chi connectivity index (χ3v) is 8.44. The fourth-order valence-electron chi connectivity index (χ4n) is 5.47. The van der Waals surface area contributed by atoms with Gasteiger partial charge in [0.15, 0.2) is 0 Å². The normalized spacial score (nSPS) is 27.5. The van der Waals surface area contributed by atoms with Crippen molar-refractivity contribution in [2.45, 2.75) is 75.9 Å². The monoisotopic (exact) mass is 485 g/mol. The summed E-state index contributed by atoms with van der Waals surface area (Å²) in [4.78, 5) is 26.3. The predicted molar refractivity (Wildman–Crippen MR) is 136 cm³/mol. The van der Waals surface area contributed by atoms with Gasteiger partial charge in [0.1, 0.15) is 11.4 Å². The van der Waals surface area contributed by atoms with Gasteiger partial charge in [-0.25, -0.2) is 0 Å². The van der Waals surface area contributed by atoms with Gasteiger partial charge in [-0.1, -0.05) is 12.1 Å². The standard InChI is InChI=1S/C23H35N3O2.C5H8O2/c1-25-13-8-19(9-14-25)23(24)17-20(23)10-15-28-21-6-4-18(5-7-21)16-22(27)26-11-2-3-12-26;1-5(2-3-5)7-4-6/h4-7,19-20H,2-3,8-17,24H2,1H3;4H,2-3H2,1H3. The van der Waals surface area contributed by atoms with E-state index in [0.29, 0.717) is 24.7 Å². The van der Waals surface area contributed by atoms with Gasteiger partial charge >= 0.3 is 0 Å². The van der Waals surface area contributed by atoms with E-state index < -0.39 is 0 Å². The highest BCUT2D eigenvalue weighted by atomic mass is 16.5.